The number of hydrogen-bond donors (Lipinski definition) is 0. The van der Waals surface area contributed by atoms with E-state index >= 15 is 0 Å². The molecule has 28 heavy (non-hydrogen) atoms. The van der Waals surface area contributed by atoms with E-state index in [-0.39, 0.29) is 33.9 Å². The van der Waals surface area contributed by atoms with Crippen LogP contribution in [0.25, 0.3) is 0 Å². The Morgan fingerprint density at radius 2 is 2.04 bits per heavy atom. The molecule has 1 amide bonds. The molecule has 6 nitrogen and oxygen atoms in total. The maximum Gasteiger partial charge on any atom is 0.416 e. The molecule has 12 heteroatoms. The first-order valence-corrected chi connectivity index (χ1v) is 11.3. The zero-order valence-corrected chi connectivity index (χ0v) is 17.3. The zero-order chi connectivity index (χ0) is 20.9. The van der Waals surface area contributed by atoms with Gasteiger partial charge in [0.1, 0.15) is 0 Å². The number of anilines is 1. The van der Waals surface area contributed by atoms with E-state index < -0.39 is 33.7 Å². The average Bonchev–Trinajstić information content (AvgIpc) is 3.03. The van der Waals surface area contributed by atoms with E-state index in [9.17, 15) is 26.4 Å². The second-order valence-corrected chi connectivity index (χ2v) is 10.2. The van der Waals surface area contributed by atoms with Crippen molar-refractivity contribution < 1.29 is 26.4 Å². The number of carbonyl (C=O) groups is 1. The van der Waals surface area contributed by atoms with E-state index in [4.69, 9.17) is 11.6 Å². The first kappa shape index (κ1) is 21.3. The summed E-state index contributed by atoms with van der Waals surface area (Å²) in [5, 5.41) is 0.339. The second-order valence-electron chi connectivity index (χ2n) is 6.73. The number of rotatable bonds is 3. The van der Waals surface area contributed by atoms with Crippen LogP contribution in [0.15, 0.2) is 23.2 Å². The van der Waals surface area contributed by atoms with Gasteiger partial charge in [0, 0.05) is 14.1 Å². The fourth-order valence-corrected chi connectivity index (χ4v) is 6.19. The van der Waals surface area contributed by atoms with Crippen molar-refractivity contribution in [1.29, 1.82) is 0 Å². The van der Waals surface area contributed by atoms with Crippen molar-refractivity contribution in [2.24, 2.45) is 4.99 Å². The van der Waals surface area contributed by atoms with E-state index in [1.54, 1.807) is 14.1 Å². The van der Waals surface area contributed by atoms with Crippen LogP contribution < -0.4 is 4.90 Å². The molecule has 2 aliphatic rings. The standard InChI is InChI=1S/C16H17ClF3N3O3S2/c1-22(2)14(24)6-27-15-21-11-7-28(25,26)8-13(11)23(15)12-5-9(16(18,19)20)3-4-10(12)17/h3-5,11,13H,6-8H2,1-2H3/t11-,13-/m0/s1. The second kappa shape index (κ2) is 7.42. The maximum atomic E-state index is 13.2. The molecular formula is C16H17ClF3N3O3S2. The molecular weight excluding hydrogens is 439 g/mol. The Balaban J connectivity index is 2.00. The Bertz CT molecular complexity index is 935. The monoisotopic (exact) mass is 455 g/mol. The Labute approximate surface area is 169 Å². The number of nitrogens with zero attached hydrogens (tertiary/aromatic N) is 3. The number of amidine groups is 1. The van der Waals surface area contributed by atoms with E-state index in [1.807, 2.05) is 0 Å². The largest absolute Gasteiger partial charge is 0.416 e. The fourth-order valence-electron chi connectivity index (χ4n) is 3.04. The van der Waals surface area contributed by atoms with Crippen LogP contribution >= 0.6 is 23.4 Å². The van der Waals surface area contributed by atoms with E-state index in [0.717, 1.165) is 30.0 Å². The smallest absolute Gasteiger partial charge is 0.348 e. The minimum atomic E-state index is -4.58. The van der Waals surface area contributed by atoms with Crippen LogP contribution in [0, 0.1) is 0 Å². The number of carbonyl (C=O) groups excluding carboxylic acids is 1. The molecule has 0 radical (unpaired) electrons. The number of alkyl halides is 3. The van der Waals surface area contributed by atoms with Gasteiger partial charge in [-0.1, -0.05) is 23.4 Å². The molecule has 2 aliphatic heterocycles. The number of benzene rings is 1. The summed E-state index contributed by atoms with van der Waals surface area (Å²) in [4.78, 5) is 19.1. The predicted molar refractivity (Wildman–Crippen MR) is 104 cm³/mol. The molecule has 0 aliphatic carbocycles. The lowest BCUT2D eigenvalue weighted by Crippen LogP contribution is -2.40. The fraction of sp³-hybridized carbons (Fsp3) is 0.500. The molecule has 1 fully saturated rings. The Morgan fingerprint density at radius 3 is 2.64 bits per heavy atom. The van der Waals surface area contributed by atoms with Crippen molar-refractivity contribution in [1.82, 2.24) is 4.90 Å². The predicted octanol–water partition coefficient (Wildman–Crippen LogP) is 2.52. The summed E-state index contributed by atoms with van der Waals surface area (Å²) in [5.74, 6) is -0.603. The summed E-state index contributed by atoms with van der Waals surface area (Å²) < 4.78 is 63.6. The van der Waals surface area contributed by atoms with Crippen LogP contribution in [0.5, 0.6) is 0 Å². The number of halogens is 4. The van der Waals surface area contributed by atoms with Crippen LogP contribution in [0.4, 0.5) is 18.9 Å². The molecule has 154 valence electrons. The lowest BCUT2D eigenvalue weighted by Gasteiger charge is -2.28. The summed E-state index contributed by atoms with van der Waals surface area (Å²) in [6.45, 7) is 0. The quantitative estimate of drug-likeness (QED) is 0.700. The highest BCUT2D eigenvalue weighted by molar-refractivity contribution is 8.14. The molecule has 2 atom stereocenters. The van der Waals surface area contributed by atoms with Crippen molar-refractivity contribution in [3.05, 3.63) is 28.8 Å². The molecule has 0 saturated carbocycles. The molecule has 0 aromatic heterocycles. The lowest BCUT2D eigenvalue weighted by molar-refractivity contribution is -0.137. The maximum absolute atomic E-state index is 13.2. The van der Waals surface area contributed by atoms with Crippen LogP contribution in [-0.4, -0.2) is 67.8 Å². The third-order valence-corrected chi connectivity index (χ3v) is 7.43. The molecule has 1 aromatic carbocycles. The molecule has 0 bridgehead atoms. The van der Waals surface area contributed by atoms with Crippen LogP contribution in [0.2, 0.25) is 5.02 Å². The van der Waals surface area contributed by atoms with Gasteiger partial charge in [0.2, 0.25) is 5.91 Å². The van der Waals surface area contributed by atoms with Crippen LogP contribution in [0.1, 0.15) is 5.56 Å². The first-order chi connectivity index (χ1) is 12.9. The van der Waals surface area contributed by atoms with Gasteiger partial charge < -0.3 is 9.80 Å². The highest BCUT2D eigenvalue weighted by atomic mass is 35.5. The summed E-state index contributed by atoms with van der Waals surface area (Å²) in [6.07, 6.45) is -4.58. The van der Waals surface area contributed by atoms with Gasteiger partial charge in [0.25, 0.3) is 0 Å². The average molecular weight is 456 g/mol. The molecule has 1 aromatic rings. The minimum absolute atomic E-state index is 0.0190. The van der Waals surface area contributed by atoms with Gasteiger partial charge in [-0.3, -0.25) is 9.79 Å². The number of sulfone groups is 1. The van der Waals surface area contributed by atoms with Crippen molar-refractivity contribution in [3.8, 4) is 0 Å². The van der Waals surface area contributed by atoms with Gasteiger partial charge in [-0.25, -0.2) is 8.42 Å². The third kappa shape index (κ3) is 4.25. The molecule has 0 N–H and O–H groups in total. The Hall–Kier alpha value is -1.46. The molecule has 2 heterocycles. The Morgan fingerprint density at radius 1 is 1.36 bits per heavy atom. The van der Waals surface area contributed by atoms with Gasteiger partial charge in [-0.05, 0) is 18.2 Å². The third-order valence-electron chi connectivity index (χ3n) is 4.46. The van der Waals surface area contributed by atoms with Gasteiger partial charge in [0.05, 0.1) is 45.6 Å². The molecule has 1 saturated heterocycles. The van der Waals surface area contributed by atoms with Crippen molar-refractivity contribution in [3.63, 3.8) is 0 Å². The zero-order valence-electron chi connectivity index (χ0n) is 14.9. The SMILES string of the molecule is CN(C)C(=O)CSC1=N[C@H]2CS(=O)(=O)C[C@@H]2N1c1cc(C(F)(F)F)ccc1Cl. The summed E-state index contributed by atoms with van der Waals surface area (Å²) >= 11 is 7.22. The molecule has 0 spiro atoms. The van der Waals surface area contributed by atoms with E-state index in [1.165, 1.54) is 9.80 Å². The summed E-state index contributed by atoms with van der Waals surface area (Å²) in [6, 6.07) is 1.63. The molecule has 0 unspecified atom stereocenters. The summed E-state index contributed by atoms with van der Waals surface area (Å²) in [7, 11) is -0.194. The minimum Gasteiger partial charge on any atom is -0.348 e. The van der Waals surface area contributed by atoms with Crippen LogP contribution in [-0.2, 0) is 20.8 Å². The highest BCUT2D eigenvalue weighted by Gasteiger charge is 2.48. The van der Waals surface area contributed by atoms with E-state index in [2.05, 4.69) is 4.99 Å². The summed E-state index contributed by atoms with van der Waals surface area (Å²) in [5.41, 5.74) is -0.866. The van der Waals surface area contributed by atoms with Gasteiger partial charge in [0.15, 0.2) is 15.0 Å². The first-order valence-electron chi connectivity index (χ1n) is 8.16. The number of aliphatic imine (C=N–C) groups is 1. The lowest BCUT2D eigenvalue weighted by atomic mass is 10.1. The number of amides is 1. The number of fused-ring (bicyclic) bond motifs is 1. The normalized spacial score (nSPS) is 23.5. The Kier molecular flexibility index (Phi) is 5.63. The van der Waals surface area contributed by atoms with E-state index in [0.29, 0.717) is 5.17 Å². The highest BCUT2D eigenvalue weighted by Crippen LogP contribution is 2.41. The topological polar surface area (TPSA) is 70.0 Å². The van der Waals surface area contributed by atoms with Gasteiger partial charge in [-0.15, -0.1) is 0 Å². The van der Waals surface area contributed by atoms with Crippen LogP contribution in [0.3, 0.4) is 0 Å². The van der Waals surface area contributed by atoms with Crippen molar-refractivity contribution in [2.45, 2.75) is 18.3 Å². The molecule has 3 rings (SSSR count). The number of hydrogen-bond acceptors (Lipinski definition) is 6. The van der Waals surface area contributed by atoms with Crippen molar-refractivity contribution >= 4 is 50.0 Å². The number of thioether (sulfide) groups is 1. The van der Waals surface area contributed by atoms with Crippen molar-refractivity contribution in [2.75, 3.05) is 36.3 Å². The van der Waals surface area contributed by atoms with Gasteiger partial charge >= 0.3 is 6.18 Å². The van der Waals surface area contributed by atoms with Gasteiger partial charge in [-0.2, -0.15) is 13.2 Å².